The number of hydrogen-bond donors (Lipinski definition) is 1. The first kappa shape index (κ1) is 15.2. The van der Waals surface area contributed by atoms with Gasteiger partial charge in [0, 0.05) is 19.0 Å². The summed E-state index contributed by atoms with van der Waals surface area (Å²) in [6.07, 6.45) is 11.5. The summed E-state index contributed by atoms with van der Waals surface area (Å²) in [6.45, 7) is 5.20. The molecule has 1 aromatic heterocycles. The van der Waals surface area contributed by atoms with Crippen molar-refractivity contribution < 1.29 is 0 Å². The molecule has 0 amide bonds. The molecule has 0 bridgehead atoms. The first-order chi connectivity index (χ1) is 8.77. The Morgan fingerprint density at radius 1 is 1.17 bits per heavy atom. The zero-order chi connectivity index (χ0) is 13.2. The highest BCUT2D eigenvalue weighted by molar-refractivity contribution is 4.88. The summed E-state index contributed by atoms with van der Waals surface area (Å²) in [5, 5.41) is 4.17. The number of aromatic nitrogens is 3. The largest absolute Gasteiger partial charge is 0.327 e. The van der Waals surface area contributed by atoms with E-state index in [4.69, 9.17) is 5.73 Å². The molecule has 0 radical (unpaired) electrons. The molecule has 0 fully saturated rings. The molecule has 18 heavy (non-hydrogen) atoms. The Hall–Kier alpha value is -0.900. The molecule has 4 nitrogen and oxygen atoms in total. The van der Waals surface area contributed by atoms with Crippen molar-refractivity contribution in [2.24, 2.45) is 5.73 Å². The van der Waals surface area contributed by atoms with Crippen molar-refractivity contribution in [1.29, 1.82) is 0 Å². The van der Waals surface area contributed by atoms with E-state index in [1.807, 2.05) is 4.68 Å². The molecule has 0 aliphatic heterocycles. The number of hydrogen-bond acceptors (Lipinski definition) is 3. The number of aryl methyl sites for hydroxylation is 1. The van der Waals surface area contributed by atoms with Gasteiger partial charge < -0.3 is 5.73 Å². The van der Waals surface area contributed by atoms with Crippen LogP contribution in [-0.4, -0.2) is 20.8 Å². The monoisotopic (exact) mass is 252 g/mol. The van der Waals surface area contributed by atoms with Crippen LogP contribution in [0.2, 0.25) is 0 Å². The summed E-state index contributed by atoms with van der Waals surface area (Å²) >= 11 is 0. The highest BCUT2D eigenvalue weighted by Crippen LogP contribution is 2.10. The molecule has 0 aliphatic rings. The van der Waals surface area contributed by atoms with Gasteiger partial charge in [0.25, 0.3) is 0 Å². The molecule has 0 saturated carbocycles. The van der Waals surface area contributed by atoms with E-state index in [0.29, 0.717) is 0 Å². The van der Waals surface area contributed by atoms with Crippen LogP contribution in [0.15, 0.2) is 6.33 Å². The van der Waals surface area contributed by atoms with Crippen LogP contribution in [-0.2, 0) is 13.0 Å². The van der Waals surface area contributed by atoms with Crippen molar-refractivity contribution in [3.05, 3.63) is 12.2 Å². The lowest BCUT2D eigenvalue weighted by Crippen LogP contribution is -2.24. The molecule has 0 saturated heterocycles. The van der Waals surface area contributed by atoms with Crippen molar-refractivity contribution in [3.63, 3.8) is 0 Å². The van der Waals surface area contributed by atoms with Crippen LogP contribution in [0.3, 0.4) is 0 Å². The zero-order valence-electron chi connectivity index (χ0n) is 11.9. The van der Waals surface area contributed by atoms with Crippen LogP contribution in [0.25, 0.3) is 0 Å². The molecular weight excluding hydrogens is 224 g/mol. The molecular formula is C14H28N4. The Balaban J connectivity index is 2.12. The highest BCUT2D eigenvalue weighted by Gasteiger charge is 2.08. The van der Waals surface area contributed by atoms with Crippen LogP contribution >= 0.6 is 0 Å². The zero-order valence-corrected chi connectivity index (χ0v) is 11.9. The predicted molar refractivity (Wildman–Crippen MR) is 75.4 cm³/mol. The van der Waals surface area contributed by atoms with Crippen LogP contribution in [0.1, 0.15) is 64.6 Å². The number of nitrogens with two attached hydrogens (primary N) is 1. The first-order valence-electron chi connectivity index (χ1n) is 7.40. The number of rotatable bonds is 10. The number of unbranched alkanes of at least 4 members (excludes halogenated alkanes) is 5. The lowest BCUT2D eigenvalue weighted by Gasteiger charge is -2.11. The van der Waals surface area contributed by atoms with Crippen molar-refractivity contribution in [2.45, 2.75) is 77.8 Å². The molecule has 2 N–H and O–H groups in total. The summed E-state index contributed by atoms with van der Waals surface area (Å²) in [5.74, 6) is 1.02. The quantitative estimate of drug-likeness (QED) is 0.651. The van der Waals surface area contributed by atoms with Crippen LogP contribution in [0.5, 0.6) is 0 Å². The fourth-order valence-electron chi connectivity index (χ4n) is 2.23. The van der Waals surface area contributed by atoms with Gasteiger partial charge in [-0.15, -0.1) is 0 Å². The van der Waals surface area contributed by atoms with Gasteiger partial charge in [-0.05, 0) is 13.3 Å². The van der Waals surface area contributed by atoms with E-state index in [-0.39, 0.29) is 6.04 Å². The van der Waals surface area contributed by atoms with Gasteiger partial charge in [-0.1, -0.05) is 45.4 Å². The van der Waals surface area contributed by atoms with Gasteiger partial charge in [-0.25, -0.2) is 4.98 Å². The molecule has 1 unspecified atom stereocenters. The molecule has 0 aliphatic carbocycles. The van der Waals surface area contributed by atoms with Crippen LogP contribution in [0.4, 0.5) is 0 Å². The minimum absolute atomic E-state index is 0.227. The molecule has 1 aromatic rings. The van der Waals surface area contributed by atoms with Gasteiger partial charge in [0.2, 0.25) is 0 Å². The van der Waals surface area contributed by atoms with E-state index in [1.54, 1.807) is 6.33 Å². The van der Waals surface area contributed by atoms with Crippen LogP contribution in [0, 0.1) is 0 Å². The summed E-state index contributed by atoms with van der Waals surface area (Å²) in [5.41, 5.74) is 6.15. The molecule has 1 atom stereocenters. The van der Waals surface area contributed by atoms with E-state index < -0.39 is 0 Å². The fraction of sp³-hybridized carbons (Fsp3) is 0.857. The lowest BCUT2D eigenvalue weighted by atomic mass is 10.0. The average Bonchev–Trinajstić information content (AvgIpc) is 2.80. The third-order valence-corrected chi connectivity index (χ3v) is 3.37. The second-order valence-corrected chi connectivity index (χ2v) is 5.01. The molecule has 1 heterocycles. The third-order valence-electron chi connectivity index (χ3n) is 3.37. The molecule has 0 aromatic carbocycles. The minimum Gasteiger partial charge on any atom is -0.327 e. The van der Waals surface area contributed by atoms with Gasteiger partial charge in [-0.2, -0.15) is 5.10 Å². The normalized spacial score (nSPS) is 12.8. The lowest BCUT2D eigenvalue weighted by molar-refractivity contribution is 0.509. The average molecular weight is 252 g/mol. The maximum atomic E-state index is 6.15. The second-order valence-electron chi connectivity index (χ2n) is 5.01. The Morgan fingerprint density at radius 3 is 2.61 bits per heavy atom. The van der Waals surface area contributed by atoms with Crippen molar-refractivity contribution in [2.75, 3.05) is 0 Å². The maximum Gasteiger partial charge on any atom is 0.138 e. The Labute approximate surface area is 111 Å². The summed E-state index contributed by atoms with van der Waals surface area (Å²) < 4.78 is 1.93. The third kappa shape index (κ3) is 5.63. The van der Waals surface area contributed by atoms with Gasteiger partial charge in [0.15, 0.2) is 0 Å². The van der Waals surface area contributed by atoms with Crippen LogP contribution < -0.4 is 5.73 Å². The van der Waals surface area contributed by atoms with Crippen molar-refractivity contribution in [1.82, 2.24) is 14.8 Å². The standard InChI is InChI=1S/C14H28N4/c1-3-5-6-7-8-9-10-13(15)11-14-16-12-17-18(14)4-2/h12-13H,3-11,15H2,1-2H3. The summed E-state index contributed by atoms with van der Waals surface area (Å²) in [7, 11) is 0. The number of nitrogens with zero attached hydrogens (tertiary/aromatic N) is 3. The maximum absolute atomic E-state index is 6.15. The molecule has 1 rings (SSSR count). The predicted octanol–water partition coefficient (Wildman–Crippen LogP) is 2.92. The molecule has 104 valence electrons. The minimum atomic E-state index is 0.227. The summed E-state index contributed by atoms with van der Waals surface area (Å²) in [4.78, 5) is 4.27. The van der Waals surface area contributed by atoms with E-state index >= 15 is 0 Å². The SMILES string of the molecule is CCCCCCCCC(N)Cc1ncnn1CC. The van der Waals surface area contributed by atoms with Crippen molar-refractivity contribution >= 4 is 0 Å². The van der Waals surface area contributed by atoms with Gasteiger partial charge >= 0.3 is 0 Å². The van der Waals surface area contributed by atoms with Gasteiger partial charge in [0.05, 0.1) is 0 Å². The van der Waals surface area contributed by atoms with Gasteiger partial charge in [-0.3, -0.25) is 4.68 Å². The molecule has 0 spiro atoms. The Morgan fingerprint density at radius 2 is 1.89 bits per heavy atom. The van der Waals surface area contributed by atoms with Crippen molar-refractivity contribution in [3.8, 4) is 0 Å². The first-order valence-corrected chi connectivity index (χ1v) is 7.40. The summed E-state index contributed by atoms with van der Waals surface area (Å²) in [6, 6.07) is 0.227. The topological polar surface area (TPSA) is 56.7 Å². The Bertz CT molecular complexity index is 308. The fourth-order valence-corrected chi connectivity index (χ4v) is 2.23. The van der Waals surface area contributed by atoms with E-state index in [2.05, 4.69) is 23.9 Å². The van der Waals surface area contributed by atoms with E-state index in [9.17, 15) is 0 Å². The Kier molecular flexibility index (Phi) is 7.65. The van der Waals surface area contributed by atoms with Gasteiger partial charge in [0.1, 0.15) is 12.2 Å². The van der Waals surface area contributed by atoms with E-state index in [1.165, 1.54) is 38.5 Å². The smallest absolute Gasteiger partial charge is 0.138 e. The highest BCUT2D eigenvalue weighted by atomic mass is 15.3. The molecule has 4 heteroatoms. The van der Waals surface area contributed by atoms with E-state index in [0.717, 1.165) is 25.2 Å². The second kappa shape index (κ2) is 9.09.